The maximum atomic E-state index is 13.1. The largest absolute Gasteiger partial charge is 0.478 e. The number of benzene rings is 1. The smallest absolute Gasteiger partial charge is 0.327 e. The van der Waals surface area contributed by atoms with Crippen LogP contribution in [0.4, 0.5) is 4.39 Å². The molecule has 0 aliphatic heterocycles. The zero-order valence-electron chi connectivity index (χ0n) is 15.6. The van der Waals surface area contributed by atoms with Crippen molar-refractivity contribution in [1.29, 1.82) is 0 Å². The number of hydrogen-bond acceptors (Lipinski definition) is 1. The minimum atomic E-state index is -0.843. The molecule has 1 aromatic carbocycles. The van der Waals surface area contributed by atoms with Crippen LogP contribution in [0, 0.1) is 23.6 Å². The molecular formula is C23H31FO2. The second kappa shape index (κ2) is 9.34. The van der Waals surface area contributed by atoms with Crippen LogP contribution < -0.4 is 0 Å². The highest BCUT2D eigenvalue weighted by molar-refractivity contribution is 5.79. The lowest BCUT2D eigenvalue weighted by Gasteiger charge is -2.38. The van der Waals surface area contributed by atoms with E-state index in [1.807, 2.05) is 12.1 Å². The summed E-state index contributed by atoms with van der Waals surface area (Å²) in [5, 5.41) is 8.63. The van der Waals surface area contributed by atoms with E-state index in [1.165, 1.54) is 63.0 Å². The van der Waals surface area contributed by atoms with Crippen molar-refractivity contribution in [3.63, 3.8) is 0 Å². The number of rotatable bonds is 6. The Balaban J connectivity index is 1.38. The first-order valence-electron chi connectivity index (χ1n) is 10.3. The third-order valence-corrected chi connectivity index (χ3v) is 6.67. The SMILES string of the molecule is O=C(O)/C=C/CCC1CCC(C2CCC(c3ccc(F)cc3)CC2)CC1. The third kappa shape index (κ3) is 5.43. The first kappa shape index (κ1) is 19.1. The van der Waals surface area contributed by atoms with Crippen molar-refractivity contribution in [2.75, 3.05) is 0 Å². The first-order valence-corrected chi connectivity index (χ1v) is 10.3. The fraction of sp³-hybridized carbons (Fsp3) is 0.609. The quantitative estimate of drug-likeness (QED) is 0.604. The second-order valence-electron chi connectivity index (χ2n) is 8.26. The van der Waals surface area contributed by atoms with Crippen molar-refractivity contribution in [3.8, 4) is 0 Å². The van der Waals surface area contributed by atoms with Crippen molar-refractivity contribution < 1.29 is 14.3 Å². The van der Waals surface area contributed by atoms with E-state index in [-0.39, 0.29) is 5.82 Å². The summed E-state index contributed by atoms with van der Waals surface area (Å²) in [6.45, 7) is 0. The summed E-state index contributed by atoms with van der Waals surface area (Å²) in [7, 11) is 0. The summed E-state index contributed by atoms with van der Waals surface area (Å²) in [6.07, 6.45) is 15.5. The van der Waals surface area contributed by atoms with E-state index >= 15 is 0 Å². The lowest BCUT2D eigenvalue weighted by atomic mass is 9.68. The van der Waals surface area contributed by atoms with Gasteiger partial charge in [0.05, 0.1) is 0 Å². The predicted molar refractivity (Wildman–Crippen MR) is 103 cm³/mol. The Labute approximate surface area is 156 Å². The molecule has 0 saturated heterocycles. The molecule has 2 aliphatic carbocycles. The summed E-state index contributed by atoms with van der Waals surface area (Å²) in [5.74, 6) is 2.17. The number of aliphatic carboxylic acids is 1. The van der Waals surface area contributed by atoms with Gasteiger partial charge in [-0.3, -0.25) is 0 Å². The molecule has 2 saturated carbocycles. The Morgan fingerprint density at radius 1 is 0.962 bits per heavy atom. The van der Waals surface area contributed by atoms with Crippen LogP contribution in [0.3, 0.4) is 0 Å². The van der Waals surface area contributed by atoms with Gasteiger partial charge < -0.3 is 5.11 Å². The van der Waals surface area contributed by atoms with Crippen molar-refractivity contribution in [3.05, 3.63) is 47.8 Å². The van der Waals surface area contributed by atoms with E-state index in [4.69, 9.17) is 5.11 Å². The van der Waals surface area contributed by atoms with E-state index in [0.717, 1.165) is 30.6 Å². The van der Waals surface area contributed by atoms with E-state index in [2.05, 4.69) is 0 Å². The molecule has 1 aromatic rings. The number of carbonyl (C=O) groups is 1. The van der Waals surface area contributed by atoms with Crippen LogP contribution in [0.25, 0.3) is 0 Å². The Morgan fingerprint density at radius 3 is 2.12 bits per heavy atom. The van der Waals surface area contributed by atoms with Gasteiger partial charge in [0.2, 0.25) is 0 Å². The van der Waals surface area contributed by atoms with Gasteiger partial charge >= 0.3 is 5.97 Å². The molecule has 2 nitrogen and oxygen atoms in total. The number of carboxylic acids is 1. The lowest BCUT2D eigenvalue weighted by Crippen LogP contribution is -2.25. The van der Waals surface area contributed by atoms with Gasteiger partial charge in [-0.25, -0.2) is 9.18 Å². The highest BCUT2D eigenvalue weighted by Crippen LogP contribution is 2.44. The van der Waals surface area contributed by atoms with E-state index in [1.54, 1.807) is 18.2 Å². The molecule has 0 spiro atoms. The highest BCUT2D eigenvalue weighted by atomic mass is 19.1. The summed E-state index contributed by atoms with van der Waals surface area (Å²) in [4.78, 5) is 10.5. The minimum absolute atomic E-state index is 0.141. The molecule has 1 N–H and O–H groups in total. The molecule has 2 fully saturated rings. The molecule has 0 unspecified atom stereocenters. The Kier molecular flexibility index (Phi) is 6.87. The monoisotopic (exact) mass is 358 g/mol. The molecule has 26 heavy (non-hydrogen) atoms. The van der Waals surface area contributed by atoms with Crippen molar-refractivity contribution in [2.24, 2.45) is 17.8 Å². The summed E-state index contributed by atoms with van der Waals surface area (Å²) >= 11 is 0. The van der Waals surface area contributed by atoms with Crippen LogP contribution >= 0.6 is 0 Å². The van der Waals surface area contributed by atoms with E-state index in [9.17, 15) is 9.18 Å². The van der Waals surface area contributed by atoms with Crippen LogP contribution in [0.2, 0.25) is 0 Å². The van der Waals surface area contributed by atoms with E-state index < -0.39 is 5.97 Å². The zero-order chi connectivity index (χ0) is 18.4. The van der Waals surface area contributed by atoms with E-state index in [0.29, 0.717) is 5.92 Å². The average molecular weight is 358 g/mol. The molecule has 0 bridgehead atoms. The second-order valence-corrected chi connectivity index (χ2v) is 8.26. The normalized spacial score (nSPS) is 29.7. The topological polar surface area (TPSA) is 37.3 Å². The number of allylic oxidation sites excluding steroid dienone is 1. The molecule has 0 atom stereocenters. The lowest BCUT2D eigenvalue weighted by molar-refractivity contribution is -0.131. The molecule has 0 aromatic heterocycles. The fourth-order valence-electron chi connectivity index (χ4n) is 5.12. The first-order chi connectivity index (χ1) is 12.6. The molecule has 3 heteroatoms. The maximum Gasteiger partial charge on any atom is 0.327 e. The van der Waals surface area contributed by atoms with Gasteiger partial charge in [-0.15, -0.1) is 0 Å². The Morgan fingerprint density at radius 2 is 1.54 bits per heavy atom. The van der Waals surface area contributed by atoms with Gasteiger partial charge in [0, 0.05) is 6.08 Å². The molecule has 0 radical (unpaired) electrons. The van der Waals surface area contributed by atoms with Gasteiger partial charge in [-0.2, -0.15) is 0 Å². The average Bonchev–Trinajstić information content (AvgIpc) is 2.66. The maximum absolute atomic E-state index is 13.1. The van der Waals surface area contributed by atoms with Crippen LogP contribution in [0.1, 0.15) is 75.7 Å². The molecule has 2 aliphatic rings. The standard InChI is InChI=1S/C23H31FO2/c24-22-15-13-21(14-16-22)20-11-9-19(10-12-20)18-7-5-17(6-8-18)3-1-2-4-23(25)26/h2,4,13-20H,1,3,5-12H2,(H,25,26)/b4-2+. The number of halogens is 1. The van der Waals surface area contributed by atoms with Gasteiger partial charge in [0.25, 0.3) is 0 Å². The summed E-state index contributed by atoms with van der Waals surface area (Å²) < 4.78 is 13.1. The van der Waals surface area contributed by atoms with Crippen LogP contribution in [0.15, 0.2) is 36.4 Å². The van der Waals surface area contributed by atoms with Crippen LogP contribution in [-0.2, 0) is 4.79 Å². The molecule has 3 rings (SSSR count). The van der Waals surface area contributed by atoms with Gasteiger partial charge in [-0.05, 0) is 92.7 Å². The van der Waals surface area contributed by atoms with Gasteiger partial charge in [-0.1, -0.05) is 31.1 Å². The summed E-state index contributed by atoms with van der Waals surface area (Å²) in [6, 6.07) is 7.11. The van der Waals surface area contributed by atoms with Crippen molar-refractivity contribution in [1.82, 2.24) is 0 Å². The Hall–Kier alpha value is -1.64. The molecule has 0 amide bonds. The summed E-state index contributed by atoms with van der Waals surface area (Å²) in [5.41, 5.74) is 1.31. The van der Waals surface area contributed by atoms with Crippen molar-refractivity contribution in [2.45, 2.75) is 70.1 Å². The number of hydrogen-bond donors (Lipinski definition) is 1. The van der Waals surface area contributed by atoms with Crippen molar-refractivity contribution >= 4 is 5.97 Å². The predicted octanol–water partition coefficient (Wildman–Crippen LogP) is 6.33. The fourth-order valence-corrected chi connectivity index (χ4v) is 5.12. The van der Waals surface area contributed by atoms with Crippen LogP contribution in [-0.4, -0.2) is 11.1 Å². The Bertz CT molecular complexity index is 591. The highest BCUT2D eigenvalue weighted by Gasteiger charge is 2.31. The van der Waals surface area contributed by atoms with Gasteiger partial charge in [0.1, 0.15) is 5.82 Å². The number of carboxylic acid groups (broad SMARTS) is 1. The van der Waals surface area contributed by atoms with Gasteiger partial charge in [0.15, 0.2) is 0 Å². The minimum Gasteiger partial charge on any atom is -0.478 e. The van der Waals surface area contributed by atoms with Crippen LogP contribution in [0.5, 0.6) is 0 Å². The third-order valence-electron chi connectivity index (χ3n) is 6.67. The molecule has 0 heterocycles. The zero-order valence-corrected chi connectivity index (χ0v) is 15.6. The molecular weight excluding hydrogens is 327 g/mol. The molecule has 142 valence electrons.